The van der Waals surface area contributed by atoms with Crippen molar-refractivity contribution in [2.75, 3.05) is 4.72 Å². The van der Waals surface area contributed by atoms with Gasteiger partial charge in [0.2, 0.25) is 0 Å². The molecule has 8 heteroatoms. The molecular weight excluding hydrogens is 392 g/mol. The Labute approximate surface area is 170 Å². The van der Waals surface area contributed by atoms with Gasteiger partial charge >= 0.3 is 5.97 Å². The number of hydrogen-bond donors (Lipinski definition) is 2. The van der Waals surface area contributed by atoms with Crippen molar-refractivity contribution in [1.29, 1.82) is 0 Å². The Morgan fingerprint density at radius 3 is 2.48 bits per heavy atom. The van der Waals surface area contributed by atoms with E-state index in [2.05, 4.69) is 10.0 Å². The number of sulfonamides is 1. The molecule has 0 spiro atoms. The van der Waals surface area contributed by atoms with Crippen LogP contribution in [0.4, 0.5) is 5.69 Å². The molecule has 1 aliphatic carbocycles. The number of rotatable bonds is 7. The van der Waals surface area contributed by atoms with E-state index in [4.69, 9.17) is 4.74 Å². The summed E-state index contributed by atoms with van der Waals surface area (Å²) in [4.78, 5) is 24.8. The van der Waals surface area contributed by atoms with Crippen molar-refractivity contribution in [2.45, 2.75) is 50.7 Å². The van der Waals surface area contributed by atoms with Crippen molar-refractivity contribution in [3.05, 3.63) is 59.2 Å². The highest BCUT2D eigenvalue weighted by Crippen LogP contribution is 2.24. The molecule has 1 fully saturated rings. The lowest BCUT2D eigenvalue weighted by atomic mass is 10.2. The Balaban J connectivity index is 1.80. The van der Waals surface area contributed by atoms with Crippen molar-refractivity contribution in [3.8, 4) is 0 Å². The molecule has 0 bridgehead atoms. The van der Waals surface area contributed by atoms with Crippen molar-refractivity contribution in [3.63, 3.8) is 0 Å². The fraction of sp³-hybridized carbons (Fsp3) is 0.333. The van der Waals surface area contributed by atoms with Gasteiger partial charge < -0.3 is 10.1 Å². The van der Waals surface area contributed by atoms with E-state index < -0.39 is 22.1 Å². The van der Waals surface area contributed by atoms with Crippen LogP contribution in [0.15, 0.2) is 47.4 Å². The third-order valence-electron chi connectivity index (χ3n) is 4.60. The number of carbonyl (C=O) groups excluding carboxylic acids is 2. The summed E-state index contributed by atoms with van der Waals surface area (Å²) >= 11 is 0. The van der Waals surface area contributed by atoms with Gasteiger partial charge in [-0.05, 0) is 62.9 Å². The second kappa shape index (κ2) is 8.24. The topological polar surface area (TPSA) is 102 Å². The number of anilines is 1. The van der Waals surface area contributed by atoms with Gasteiger partial charge in [0.25, 0.3) is 15.9 Å². The van der Waals surface area contributed by atoms with Gasteiger partial charge in [-0.3, -0.25) is 9.52 Å². The van der Waals surface area contributed by atoms with Gasteiger partial charge in [-0.25, -0.2) is 13.2 Å². The zero-order valence-electron chi connectivity index (χ0n) is 16.6. The Bertz CT molecular complexity index is 1040. The van der Waals surface area contributed by atoms with Crippen molar-refractivity contribution >= 4 is 27.6 Å². The minimum Gasteiger partial charge on any atom is -0.449 e. The fourth-order valence-electron chi connectivity index (χ4n) is 2.77. The number of amides is 1. The lowest BCUT2D eigenvalue weighted by Crippen LogP contribution is -2.37. The summed E-state index contributed by atoms with van der Waals surface area (Å²) in [5.41, 5.74) is 1.52. The number of hydrogen-bond acceptors (Lipinski definition) is 5. The molecule has 2 aromatic rings. The molecule has 0 aromatic heterocycles. The second-order valence-corrected chi connectivity index (χ2v) is 8.90. The zero-order chi connectivity index (χ0) is 21.2. The summed E-state index contributed by atoms with van der Waals surface area (Å²) in [6.07, 6.45) is 0.872. The quantitative estimate of drug-likeness (QED) is 0.676. The molecule has 2 N–H and O–H groups in total. The van der Waals surface area contributed by atoms with Crippen LogP contribution in [0.1, 0.15) is 41.3 Å². The normalized spacial score (nSPS) is 14.7. The van der Waals surface area contributed by atoms with Crippen LogP contribution in [0.2, 0.25) is 0 Å². The number of nitrogens with one attached hydrogen (secondary N) is 2. The fourth-order valence-corrected chi connectivity index (χ4v) is 4.18. The van der Waals surface area contributed by atoms with Gasteiger partial charge in [-0.2, -0.15) is 0 Å². The second-order valence-electron chi connectivity index (χ2n) is 7.25. The first-order valence-corrected chi connectivity index (χ1v) is 10.9. The number of ether oxygens (including phenoxy) is 1. The number of benzene rings is 2. The molecular formula is C21H24N2O5S. The van der Waals surface area contributed by atoms with Gasteiger partial charge in [0.15, 0.2) is 6.10 Å². The number of esters is 1. The van der Waals surface area contributed by atoms with Crippen LogP contribution in [0.25, 0.3) is 0 Å². The van der Waals surface area contributed by atoms with E-state index in [0.717, 1.165) is 18.4 Å². The first kappa shape index (κ1) is 20.9. The Morgan fingerprint density at radius 2 is 1.79 bits per heavy atom. The molecule has 1 amide bonds. The smallest absolute Gasteiger partial charge is 0.341 e. The van der Waals surface area contributed by atoms with Crippen LogP contribution in [0.3, 0.4) is 0 Å². The van der Waals surface area contributed by atoms with E-state index in [9.17, 15) is 18.0 Å². The van der Waals surface area contributed by atoms with Crippen molar-refractivity contribution in [2.24, 2.45) is 0 Å². The Hall–Kier alpha value is -2.87. The zero-order valence-corrected chi connectivity index (χ0v) is 17.4. The third-order valence-corrected chi connectivity index (χ3v) is 6.11. The highest BCUT2D eigenvalue weighted by Gasteiger charge is 2.28. The van der Waals surface area contributed by atoms with Gasteiger partial charge in [-0.15, -0.1) is 0 Å². The molecule has 1 atom stereocenters. The van der Waals surface area contributed by atoms with Crippen molar-refractivity contribution < 1.29 is 22.7 Å². The SMILES string of the molecule is Cc1ccc(C)c(S(=O)(=O)Nc2ccccc2C(=O)O[C@H](C)C(=O)NC2CC2)c1. The molecule has 0 unspecified atom stereocenters. The summed E-state index contributed by atoms with van der Waals surface area (Å²) in [7, 11) is -3.91. The van der Waals surface area contributed by atoms with E-state index in [1.807, 2.05) is 6.07 Å². The molecule has 1 aliphatic rings. The maximum atomic E-state index is 12.9. The molecule has 29 heavy (non-hydrogen) atoms. The Morgan fingerprint density at radius 1 is 1.10 bits per heavy atom. The predicted molar refractivity (Wildman–Crippen MR) is 109 cm³/mol. The summed E-state index contributed by atoms with van der Waals surface area (Å²) in [6.45, 7) is 4.99. The first-order valence-electron chi connectivity index (χ1n) is 9.38. The van der Waals surface area contributed by atoms with Crippen LogP contribution in [0, 0.1) is 13.8 Å². The van der Waals surface area contributed by atoms with Gasteiger partial charge in [0, 0.05) is 6.04 Å². The average Bonchev–Trinajstić information content (AvgIpc) is 3.47. The lowest BCUT2D eigenvalue weighted by molar-refractivity contribution is -0.129. The molecule has 0 saturated heterocycles. The van der Waals surface area contributed by atoms with E-state index in [-0.39, 0.29) is 28.1 Å². The minimum atomic E-state index is -3.91. The van der Waals surface area contributed by atoms with Crippen molar-refractivity contribution in [1.82, 2.24) is 5.32 Å². The molecule has 0 heterocycles. The highest BCUT2D eigenvalue weighted by atomic mass is 32.2. The standard InChI is InChI=1S/C21H24N2O5S/c1-13-8-9-14(2)19(12-13)29(26,27)23-18-7-5-4-6-17(18)21(25)28-15(3)20(24)22-16-10-11-16/h4-9,12,15-16,23H,10-11H2,1-3H3,(H,22,24)/t15-/m1/s1. The summed E-state index contributed by atoms with van der Waals surface area (Å²) in [6, 6.07) is 11.4. The molecule has 0 aliphatic heterocycles. The van der Waals surface area contributed by atoms with E-state index in [1.165, 1.54) is 19.1 Å². The first-order chi connectivity index (χ1) is 13.7. The van der Waals surface area contributed by atoms with E-state index in [1.54, 1.807) is 38.1 Å². The number of para-hydroxylation sites is 1. The summed E-state index contributed by atoms with van der Waals surface area (Å²) in [5.74, 6) is -1.14. The van der Waals surface area contributed by atoms with Gasteiger partial charge in [0.05, 0.1) is 16.1 Å². The lowest BCUT2D eigenvalue weighted by Gasteiger charge is -2.16. The van der Waals surface area contributed by atoms with Crippen LogP contribution in [-0.4, -0.2) is 32.4 Å². The number of aryl methyl sites for hydroxylation is 2. The van der Waals surface area contributed by atoms with Gasteiger partial charge in [-0.1, -0.05) is 24.3 Å². The number of carbonyl (C=O) groups is 2. The maximum absolute atomic E-state index is 12.9. The van der Waals surface area contributed by atoms with Crippen LogP contribution in [0.5, 0.6) is 0 Å². The minimum absolute atomic E-state index is 0.0347. The maximum Gasteiger partial charge on any atom is 0.341 e. The van der Waals surface area contributed by atoms with Crippen LogP contribution >= 0.6 is 0 Å². The third kappa shape index (κ3) is 5.14. The molecule has 3 rings (SSSR count). The molecule has 1 saturated carbocycles. The molecule has 7 nitrogen and oxygen atoms in total. The highest BCUT2D eigenvalue weighted by molar-refractivity contribution is 7.92. The van der Waals surface area contributed by atoms with E-state index >= 15 is 0 Å². The molecule has 154 valence electrons. The average molecular weight is 416 g/mol. The largest absolute Gasteiger partial charge is 0.449 e. The Kier molecular flexibility index (Phi) is 5.93. The monoisotopic (exact) mass is 416 g/mol. The van der Waals surface area contributed by atoms with Crippen LogP contribution in [-0.2, 0) is 19.6 Å². The molecule has 2 aromatic carbocycles. The summed E-state index contributed by atoms with van der Waals surface area (Å²) in [5, 5.41) is 2.77. The predicted octanol–water partition coefficient (Wildman–Crippen LogP) is 2.93. The van der Waals surface area contributed by atoms with E-state index in [0.29, 0.717) is 5.56 Å². The van der Waals surface area contributed by atoms with Gasteiger partial charge in [0.1, 0.15) is 0 Å². The van der Waals surface area contributed by atoms with Crippen LogP contribution < -0.4 is 10.0 Å². The molecule has 0 radical (unpaired) electrons. The summed E-state index contributed by atoms with van der Waals surface area (Å²) < 4.78 is 33.5.